The normalized spacial score (nSPS) is 17.6. The molecule has 1 fully saturated rings. The van der Waals surface area contributed by atoms with Gasteiger partial charge in [-0.2, -0.15) is 4.98 Å². The van der Waals surface area contributed by atoms with Crippen molar-refractivity contribution in [2.45, 2.75) is 38.5 Å². The number of likely N-dealkylation sites (tertiary alicyclic amines) is 1. The Morgan fingerprint density at radius 3 is 2.96 bits per heavy atom. The standard InChI is InChI=1S/C20H24N4O3/c1-12(2)18-22-19(27-23-18)13-5-4-8-24(11-13)20(25)17-10-14-9-15(26-3)6-7-16(14)21-17/h6-7,9-10,12-13,21H,4-5,8,11H2,1-3H3/t13-/m1/s1. The number of hydrogen-bond donors (Lipinski definition) is 1. The number of piperidine rings is 1. The van der Waals surface area contributed by atoms with Gasteiger partial charge in [0.15, 0.2) is 5.82 Å². The number of H-pyrrole nitrogens is 1. The van der Waals surface area contributed by atoms with Crippen molar-refractivity contribution >= 4 is 16.8 Å². The summed E-state index contributed by atoms with van der Waals surface area (Å²) in [5.41, 5.74) is 1.51. The van der Waals surface area contributed by atoms with Crippen molar-refractivity contribution < 1.29 is 14.1 Å². The van der Waals surface area contributed by atoms with Gasteiger partial charge < -0.3 is 19.1 Å². The highest BCUT2D eigenvalue weighted by Gasteiger charge is 2.30. The Bertz CT molecular complexity index is 959. The third-order valence-corrected chi connectivity index (χ3v) is 5.09. The third-order valence-electron chi connectivity index (χ3n) is 5.09. The topological polar surface area (TPSA) is 84.3 Å². The second-order valence-corrected chi connectivity index (χ2v) is 7.37. The summed E-state index contributed by atoms with van der Waals surface area (Å²) in [5.74, 6) is 2.45. The number of hydrogen-bond acceptors (Lipinski definition) is 5. The summed E-state index contributed by atoms with van der Waals surface area (Å²) in [7, 11) is 1.63. The smallest absolute Gasteiger partial charge is 0.270 e. The highest BCUT2D eigenvalue weighted by atomic mass is 16.5. The van der Waals surface area contributed by atoms with Crippen molar-refractivity contribution in [3.8, 4) is 5.75 Å². The van der Waals surface area contributed by atoms with E-state index in [9.17, 15) is 4.79 Å². The van der Waals surface area contributed by atoms with Gasteiger partial charge in [-0.15, -0.1) is 0 Å². The van der Waals surface area contributed by atoms with Crippen LogP contribution in [-0.2, 0) is 0 Å². The van der Waals surface area contributed by atoms with Crippen LogP contribution in [0.15, 0.2) is 28.8 Å². The number of fused-ring (bicyclic) bond motifs is 1. The van der Waals surface area contributed by atoms with Crippen molar-refractivity contribution in [1.82, 2.24) is 20.0 Å². The van der Waals surface area contributed by atoms with Crippen LogP contribution in [0.4, 0.5) is 0 Å². The minimum atomic E-state index is -0.00142. The molecule has 0 unspecified atom stereocenters. The number of amides is 1. The molecule has 1 aromatic carbocycles. The first-order valence-electron chi connectivity index (χ1n) is 9.34. The van der Waals surface area contributed by atoms with Crippen molar-refractivity contribution in [2.24, 2.45) is 0 Å². The Morgan fingerprint density at radius 1 is 1.37 bits per heavy atom. The van der Waals surface area contributed by atoms with Gasteiger partial charge in [0.25, 0.3) is 5.91 Å². The van der Waals surface area contributed by atoms with E-state index >= 15 is 0 Å². The molecule has 1 N–H and O–H groups in total. The molecule has 0 saturated carbocycles. The second kappa shape index (κ2) is 7.06. The summed E-state index contributed by atoms with van der Waals surface area (Å²) in [6.45, 7) is 5.41. The maximum atomic E-state index is 13.0. The lowest BCUT2D eigenvalue weighted by atomic mass is 9.97. The molecule has 0 aliphatic carbocycles. The molecule has 4 rings (SSSR count). The Kier molecular flexibility index (Phi) is 4.59. The molecule has 3 heterocycles. The Hall–Kier alpha value is -2.83. The molecule has 142 valence electrons. The minimum absolute atomic E-state index is 0.00142. The van der Waals surface area contributed by atoms with Gasteiger partial charge in [0, 0.05) is 29.9 Å². The first kappa shape index (κ1) is 17.6. The van der Waals surface area contributed by atoms with Gasteiger partial charge in [-0.1, -0.05) is 19.0 Å². The fourth-order valence-corrected chi connectivity index (χ4v) is 3.53. The largest absolute Gasteiger partial charge is 0.497 e. The van der Waals surface area contributed by atoms with E-state index in [1.165, 1.54) is 0 Å². The van der Waals surface area contributed by atoms with E-state index < -0.39 is 0 Å². The summed E-state index contributed by atoms with van der Waals surface area (Å²) >= 11 is 0. The van der Waals surface area contributed by atoms with Gasteiger partial charge in [0.1, 0.15) is 11.4 Å². The van der Waals surface area contributed by atoms with Gasteiger partial charge in [0.05, 0.1) is 13.0 Å². The van der Waals surface area contributed by atoms with E-state index in [0.29, 0.717) is 18.1 Å². The number of rotatable bonds is 4. The van der Waals surface area contributed by atoms with Crippen LogP contribution in [0.3, 0.4) is 0 Å². The molecule has 27 heavy (non-hydrogen) atoms. The highest BCUT2D eigenvalue weighted by molar-refractivity contribution is 5.98. The number of nitrogens with zero attached hydrogens (tertiary/aromatic N) is 3. The Morgan fingerprint density at radius 2 is 2.22 bits per heavy atom. The molecule has 2 aromatic heterocycles. The SMILES string of the molecule is COc1ccc2[nH]c(C(=O)N3CCC[C@@H](c4nc(C(C)C)no4)C3)cc2c1. The van der Waals surface area contributed by atoms with Crippen molar-refractivity contribution in [1.29, 1.82) is 0 Å². The van der Waals surface area contributed by atoms with Crippen molar-refractivity contribution in [3.63, 3.8) is 0 Å². The number of carbonyl (C=O) groups is 1. The van der Waals surface area contributed by atoms with E-state index in [1.54, 1.807) is 7.11 Å². The molecule has 0 radical (unpaired) electrons. The second-order valence-electron chi connectivity index (χ2n) is 7.37. The molecule has 1 saturated heterocycles. The van der Waals surface area contributed by atoms with E-state index in [4.69, 9.17) is 9.26 Å². The number of benzene rings is 1. The number of carbonyl (C=O) groups excluding carboxylic acids is 1. The molecule has 1 aliphatic rings. The van der Waals surface area contributed by atoms with Crippen LogP contribution in [0.1, 0.15) is 60.7 Å². The van der Waals surface area contributed by atoms with Crippen LogP contribution in [0, 0.1) is 0 Å². The first-order valence-corrected chi connectivity index (χ1v) is 9.34. The van der Waals surface area contributed by atoms with E-state index in [0.717, 1.165) is 41.9 Å². The molecule has 0 spiro atoms. The number of nitrogens with one attached hydrogen (secondary N) is 1. The maximum Gasteiger partial charge on any atom is 0.270 e. The molecular formula is C20H24N4O3. The van der Waals surface area contributed by atoms with Crippen LogP contribution in [0.2, 0.25) is 0 Å². The van der Waals surface area contributed by atoms with Crippen LogP contribution >= 0.6 is 0 Å². The zero-order valence-electron chi connectivity index (χ0n) is 15.9. The zero-order valence-corrected chi connectivity index (χ0v) is 15.9. The summed E-state index contributed by atoms with van der Waals surface area (Å²) in [6, 6.07) is 7.61. The van der Waals surface area contributed by atoms with Gasteiger partial charge in [-0.05, 0) is 37.1 Å². The fraction of sp³-hybridized carbons (Fsp3) is 0.450. The van der Waals surface area contributed by atoms with Gasteiger partial charge in [-0.25, -0.2) is 0 Å². The summed E-state index contributed by atoms with van der Waals surface area (Å²) < 4.78 is 10.7. The number of ether oxygens (including phenoxy) is 1. The zero-order chi connectivity index (χ0) is 19.0. The quantitative estimate of drug-likeness (QED) is 0.759. The van der Waals surface area contributed by atoms with Crippen molar-refractivity contribution in [2.75, 3.05) is 20.2 Å². The lowest BCUT2D eigenvalue weighted by molar-refractivity contribution is 0.0690. The van der Waals surface area contributed by atoms with Crippen LogP contribution in [0.5, 0.6) is 5.75 Å². The average molecular weight is 368 g/mol. The predicted octanol–water partition coefficient (Wildman–Crippen LogP) is 3.70. The molecule has 1 aliphatic heterocycles. The molecule has 7 heteroatoms. The van der Waals surface area contributed by atoms with Crippen LogP contribution in [-0.4, -0.2) is 46.1 Å². The van der Waals surface area contributed by atoms with Crippen LogP contribution < -0.4 is 4.74 Å². The lowest BCUT2D eigenvalue weighted by Crippen LogP contribution is -2.39. The van der Waals surface area contributed by atoms with Gasteiger partial charge in [0.2, 0.25) is 5.89 Å². The number of aromatic nitrogens is 3. The summed E-state index contributed by atoms with van der Waals surface area (Å²) in [4.78, 5) is 22.6. The molecule has 1 amide bonds. The van der Waals surface area contributed by atoms with Gasteiger partial charge >= 0.3 is 0 Å². The minimum Gasteiger partial charge on any atom is -0.497 e. The fourth-order valence-electron chi connectivity index (χ4n) is 3.53. The van der Waals surface area contributed by atoms with Gasteiger partial charge in [-0.3, -0.25) is 4.79 Å². The molecular weight excluding hydrogens is 344 g/mol. The molecule has 0 bridgehead atoms. The summed E-state index contributed by atoms with van der Waals surface area (Å²) in [5, 5.41) is 5.02. The molecule has 3 aromatic rings. The summed E-state index contributed by atoms with van der Waals surface area (Å²) in [6.07, 6.45) is 1.87. The predicted molar refractivity (Wildman–Crippen MR) is 101 cm³/mol. The molecule has 7 nitrogen and oxygen atoms in total. The van der Waals surface area contributed by atoms with E-state index in [1.807, 2.05) is 43.0 Å². The average Bonchev–Trinajstić information content (AvgIpc) is 3.34. The first-order chi connectivity index (χ1) is 13.0. The van der Waals surface area contributed by atoms with Crippen molar-refractivity contribution in [3.05, 3.63) is 41.7 Å². The third kappa shape index (κ3) is 3.41. The van der Waals surface area contributed by atoms with E-state index in [2.05, 4.69) is 15.1 Å². The van der Waals surface area contributed by atoms with Crippen LogP contribution in [0.25, 0.3) is 10.9 Å². The van der Waals surface area contributed by atoms with E-state index in [-0.39, 0.29) is 17.7 Å². The lowest BCUT2D eigenvalue weighted by Gasteiger charge is -2.30. The highest BCUT2D eigenvalue weighted by Crippen LogP contribution is 2.28. The Balaban J connectivity index is 1.52. The monoisotopic (exact) mass is 368 g/mol. The number of aromatic amines is 1. The number of methoxy groups -OCH3 is 1. The maximum absolute atomic E-state index is 13.0. The Labute approximate surface area is 157 Å². The molecule has 1 atom stereocenters.